The average Bonchev–Trinajstić information content (AvgIpc) is 2.43. The van der Waals surface area contributed by atoms with Gasteiger partial charge in [0.2, 0.25) is 0 Å². The Morgan fingerprint density at radius 3 is 3.05 bits per heavy atom. The average molecular weight is 270 g/mol. The van der Waals surface area contributed by atoms with Crippen molar-refractivity contribution in [3.8, 4) is 11.8 Å². The van der Waals surface area contributed by atoms with Crippen LogP contribution in [0.4, 0.5) is 0 Å². The van der Waals surface area contributed by atoms with E-state index < -0.39 is 0 Å². The molecule has 0 amide bonds. The zero-order chi connectivity index (χ0) is 14.3. The third kappa shape index (κ3) is 1.91. The van der Waals surface area contributed by atoms with Gasteiger partial charge in [-0.05, 0) is 54.0 Å². The quantitative estimate of drug-likeness (QED) is 0.899. The molecule has 1 fully saturated rings. The summed E-state index contributed by atoms with van der Waals surface area (Å²) < 4.78 is 0. The lowest BCUT2D eigenvalue weighted by atomic mass is 9.59. The van der Waals surface area contributed by atoms with Crippen LogP contribution in [-0.4, -0.2) is 29.1 Å². The van der Waals surface area contributed by atoms with Crippen LogP contribution < -0.4 is 0 Å². The van der Waals surface area contributed by atoms with Crippen molar-refractivity contribution in [2.75, 3.05) is 13.1 Å². The normalized spacial score (nSPS) is 32.5. The van der Waals surface area contributed by atoms with E-state index in [-0.39, 0.29) is 5.41 Å². The molecule has 1 aromatic rings. The predicted octanol–water partition coefficient (Wildman–Crippen LogP) is 2.83. The van der Waals surface area contributed by atoms with Gasteiger partial charge in [0.25, 0.3) is 0 Å². The summed E-state index contributed by atoms with van der Waals surface area (Å²) in [6.07, 6.45) is 2.76. The van der Waals surface area contributed by atoms with E-state index in [1.165, 1.54) is 11.1 Å². The Morgan fingerprint density at radius 2 is 2.30 bits per heavy atom. The minimum atomic E-state index is 0.153. The molecule has 3 atom stereocenters. The van der Waals surface area contributed by atoms with Gasteiger partial charge < -0.3 is 5.11 Å². The van der Waals surface area contributed by atoms with Crippen LogP contribution in [0.25, 0.3) is 0 Å². The Labute approximate surface area is 120 Å². The van der Waals surface area contributed by atoms with E-state index in [9.17, 15) is 5.11 Å². The summed E-state index contributed by atoms with van der Waals surface area (Å²) in [5.41, 5.74) is 2.86. The molecule has 2 bridgehead atoms. The van der Waals surface area contributed by atoms with Crippen molar-refractivity contribution >= 4 is 0 Å². The lowest BCUT2D eigenvalue weighted by molar-refractivity contribution is 0.0329. The number of hydrogen-bond acceptors (Lipinski definition) is 3. The van der Waals surface area contributed by atoms with E-state index in [0.717, 1.165) is 25.9 Å². The molecule has 0 saturated carbocycles. The molecule has 3 rings (SSSR count). The van der Waals surface area contributed by atoms with Gasteiger partial charge in [-0.2, -0.15) is 5.26 Å². The molecule has 1 aliphatic carbocycles. The Morgan fingerprint density at radius 1 is 1.50 bits per heavy atom. The fourth-order valence-electron chi connectivity index (χ4n) is 4.17. The lowest BCUT2D eigenvalue weighted by Crippen LogP contribution is -2.58. The first-order valence-electron chi connectivity index (χ1n) is 7.49. The molecule has 3 heteroatoms. The van der Waals surface area contributed by atoms with Crippen LogP contribution in [0.2, 0.25) is 0 Å². The molecule has 106 valence electrons. The number of likely N-dealkylation sites (tertiary alicyclic amines) is 1. The van der Waals surface area contributed by atoms with Gasteiger partial charge in [0.15, 0.2) is 0 Å². The molecule has 1 aromatic carbocycles. The molecular formula is C17H22N2O. The number of phenols is 1. The molecule has 1 N–H and O–H groups in total. The maximum Gasteiger partial charge on any atom is 0.115 e. The van der Waals surface area contributed by atoms with E-state index in [1.54, 1.807) is 6.07 Å². The van der Waals surface area contributed by atoms with Gasteiger partial charge in [0.1, 0.15) is 5.75 Å². The summed E-state index contributed by atoms with van der Waals surface area (Å²) in [5, 5.41) is 18.6. The van der Waals surface area contributed by atoms with Crippen molar-refractivity contribution in [3.63, 3.8) is 0 Å². The Hall–Kier alpha value is -1.53. The summed E-state index contributed by atoms with van der Waals surface area (Å²) in [7, 11) is 0. The van der Waals surface area contributed by atoms with Crippen molar-refractivity contribution in [3.05, 3.63) is 29.3 Å². The van der Waals surface area contributed by atoms with Crippen molar-refractivity contribution < 1.29 is 5.11 Å². The molecule has 1 aliphatic heterocycles. The highest BCUT2D eigenvalue weighted by atomic mass is 16.3. The summed E-state index contributed by atoms with van der Waals surface area (Å²) >= 11 is 0. The highest BCUT2D eigenvalue weighted by Gasteiger charge is 2.48. The van der Waals surface area contributed by atoms with E-state index >= 15 is 0 Å². The zero-order valence-corrected chi connectivity index (χ0v) is 12.3. The minimum absolute atomic E-state index is 0.153. The number of hydrogen-bond donors (Lipinski definition) is 1. The second kappa shape index (κ2) is 4.79. The molecule has 1 saturated heterocycles. The minimum Gasteiger partial charge on any atom is -0.508 e. The molecular weight excluding hydrogens is 248 g/mol. The van der Waals surface area contributed by atoms with E-state index in [4.69, 9.17) is 5.26 Å². The topological polar surface area (TPSA) is 47.3 Å². The van der Waals surface area contributed by atoms with Gasteiger partial charge in [0, 0.05) is 19.0 Å². The number of phenolic OH excluding ortho intramolecular Hbond substituents is 1. The van der Waals surface area contributed by atoms with E-state index in [2.05, 4.69) is 30.9 Å². The Balaban J connectivity index is 1.98. The standard InChI is InChI=1S/C17H22N2O/c1-12-16-10-13-4-5-14(20)11-15(13)17(12,2)6-9-19(16)8-3-7-18/h4-5,11-12,16,20H,3,6,8-10H2,1-2H3/t12-,16+,17-/m0/s1. The number of nitriles is 1. The van der Waals surface area contributed by atoms with Crippen LogP contribution in [0.3, 0.4) is 0 Å². The van der Waals surface area contributed by atoms with Gasteiger partial charge in [-0.15, -0.1) is 0 Å². The summed E-state index contributed by atoms with van der Waals surface area (Å²) in [6.45, 7) is 6.61. The SMILES string of the molecule is C[C@H]1[C@H]2Cc3ccc(O)cc3[C@@]1(C)CCN2CCC#N. The summed E-state index contributed by atoms with van der Waals surface area (Å²) in [5.74, 6) is 0.937. The highest BCUT2D eigenvalue weighted by molar-refractivity contribution is 5.44. The fraction of sp³-hybridized carbons (Fsp3) is 0.588. The molecule has 1 heterocycles. The molecule has 20 heavy (non-hydrogen) atoms. The second-order valence-corrected chi connectivity index (χ2v) is 6.51. The largest absolute Gasteiger partial charge is 0.508 e. The van der Waals surface area contributed by atoms with E-state index in [0.29, 0.717) is 24.1 Å². The van der Waals surface area contributed by atoms with Crippen LogP contribution in [0.5, 0.6) is 5.75 Å². The van der Waals surface area contributed by atoms with Crippen molar-refractivity contribution in [1.29, 1.82) is 5.26 Å². The third-order valence-corrected chi connectivity index (χ3v) is 5.62. The molecule has 0 spiro atoms. The van der Waals surface area contributed by atoms with Gasteiger partial charge in [-0.25, -0.2) is 0 Å². The van der Waals surface area contributed by atoms with Crippen molar-refractivity contribution in [2.24, 2.45) is 5.92 Å². The van der Waals surface area contributed by atoms with Gasteiger partial charge in [0.05, 0.1) is 6.07 Å². The van der Waals surface area contributed by atoms with Gasteiger partial charge >= 0.3 is 0 Å². The monoisotopic (exact) mass is 270 g/mol. The van der Waals surface area contributed by atoms with Crippen LogP contribution in [0, 0.1) is 17.2 Å². The number of rotatable bonds is 2. The van der Waals surface area contributed by atoms with Crippen LogP contribution in [0.15, 0.2) is 18.2 Å². The number of piperidine rings is 1. The fourth-order valence-corrected chi connectivity index (χ4v) is 4.17. The molecule has 0 unspecified atom stereocenters. The predicted molar refractivity (Wildman–Crippen MR) is 78.5 cm³/mol. The van der Waals surface area contributed by atoms with Crippen LogP contribution in [0.1, 0.15) is 37.8 Å². The number of aromatic hydroxyl groups is 1. The lowest BCUT2D eigenvalue weighted by Gasteiger charge is -2.54. The molecule has 0 radical (unpaired) electrons. The van der Waals surface area contributed by atoms with Crippen LogP contribution in [-0.2, 0) is 11.8 Å². The van der Waals surface area contributed by atoms with Crippen molar-refractivity contribution in [1.82, 2.24) is 4.90 Å². The number of fused-ring (bicyclic) bond motifs is 4. The maximum atomic E-state index is 9.81. The molecule has 3 nitrogen and oxygen atoms in total. The summed E-state index contributed by atoms with van der Waals surface area (Å²) in [6, 6.07) is 8.64. The van der Waals surface area contributed by atoms with Crippen molar-refractivity contribution in [2.45, 2.75) is 44.6 Å². The first-order valence-corrected chi connectivity index (χ1v) is 7.49. The third-order valence-electron chi connectivity index (χ3n) is 5.62. The molecule has 2 aliphatic rings. The maximum absolute atomic E-state index is 9.81. The highest BCUT2D eigenvalue weighted by Crippen LogP contribution is 2.49. The van der Waals surface area contributed by atoms with E-state index in [1.807, 2.05) is 6.07 Å². The number of benzene rings is 1. The Kier molecular flexibility index (Phi) is 3.22. The number of nitrogens with zero attached hydrogens (tertiary/aromatic N) is 2. The Bertz CT molecular complexity index is 563. The zero-order valence-electron chi connectivity index (χ0n) is 12.3. The second-order valence-electron chi connectivity index (χ2n) is 6.51. The van der Waals surface area contributed by atoms with Gasteiger partial charge in [-0.1, -0.05) is 19.9 Å². The smallest absolute Gasteiger partial charge is 0.115 e. The first-order chi connectivity index (χ1) is 9.56. The summed E-state index contributed by atoms with van der Waals surface area (Å²) in [4.78, 5) is 2.49. The van der Waals surface area contributed by atoms with Gasteiger partial charge in [-0.3, -0.25) is 4.90 Å². The van der Waals surface area contributed by atoms with Crippen LogP contribution >= 0.6 is 0 Å². The first kappa shape index (κ1) is 13.5. The molecule has 0 aromatic heterocycles.